The fourth-order valence-corrected chi connectivity index (χ4v) is 3.45. The summed E-state index contributed by atoms with van der Waals surface area (Å²) < 4.78 is 5.12. The van der Waals surface area contributed by atoms with Gasteiger partial charge in [-0.15, -0.1) is 23.7 Å². The molecule has 0 unspecified atom stereocenters. The van der Waals surface area contributed by atoms with Crippen LogP contribution >= 0.6 is 23.7 Å². The van der Waals surface area contributed by atoms with Crippen LogP contribution in [0.25, 0.3) is 10.4 Å². The first-order valence-electron chi connectivity index (χ1n) is 7.31. The Hall–Kier alpha value is -1.79. The van der Waals surface area contributed by atoms with Gasteiger partial charge in [0.2, 0.25) is 0 Å². The van der Waals surface area contributed by atoms with Crippen LogP contribution in [0.15, 0.2) is 24.4 Å². The predicted octanol–water partition coefficient (Wildman–Crippen LogP) is 3.57. The number of benzene rings is 1. The molecule has 23 heavy (non-hydrogen) atoms. The highest BCUT2D eigenvalue weighted by Gasteiger charge is 2.21. The number of phenolic OH excluding ortho intramolecular Hbond substituents is 1. The van der Waals surface area contributed by atoms with E-state index in [9.17, 15) is 9.90 Å². The summed E-state index contributed by atoms with van der Waals surface area (Å²) in [5.74, 6) is 0.525. The number of ether oxygens (including phenoxy) is 1. The first kappa shape index (κ1) is 17.6. The van der Waals surface area contributed by atoms with E-state index in [1.165, 1.54) is 24.9 Å². The largest absolute Gasteiger partial charge is 0.504 e. The summed E-state index contributed by atoms with van der Waals surface area (Å²) in [7, 11) is 1.51. The van der Waals surface area contributed by atoms with Gasteiger partial charge < -0.3 is 14.7 Å². The minimum atomic E-state index is 0. The molecule has 0 spiro atoms. The Morgan fingerprint density at radius 3 is 2.74 bits per heavy atom. The van der Waals surface area contributed by atoms with E-state index in [0.29, 0.717) is 10.8 Å². The zero-order chi connectivity index (χ0) is 15.5. The minimum Gasteiger partial charge on any atom is -0.504 e. The van der Waals surface area contributed by atoms with E-state index in [0.717, 1.165) is 36.4 Å². The average Bonchev–Trinajstić information content (AvgIpc) is 3.05. The number of phenols is 1. The van der Waals surface area contributed by atoms with Crippen LogP contribution < -0.4 is 4.74 Å². The van der Waals surface area contributed by atoms with Gasteiger partial charge in [-0.25, -0.2) is 4.98 Å². The number of rotatable bonds is 3. The number of hydrogen-bond donors (Lipinski definition) is 1. The molecule has 1 aliphatic heterocycles. The lowest BCUT2D eigenvalue weighted by molar-refractivity contribution is 0.0724. The molecule has 7 heteroatoms. The van der Waals surface area contributed by atoms with Gasteiger partial charge in [-0.2, -0.15) is 0 Å². The van der Waals surface area contributed by atoms with Crippen molar-refractivity contribution in [1.29, 1.82) is 0 Å². The van der Waals surface area contributed by atoms with Gasteiger partial charge >= 0.3 is 0 Å². The zero-order valence-electron chi connectivity index (χ0n) is 12.8. The van der Waals surface area contributed by atoms with Crippen molar-refractivity contribution in [2.45, 2.75) is 19.3 Å². The first-order chi connectivity index (χ1) is 10.7. The number of amides is 1. The molecule has 1 amide bonds. The van der Waals surface area contributed by atoms with Gasteiger partial charge in [-0.05, 0) is 43.0 Å². The van der Waals surface area contributed by atoms with E-state index in [4.69, 9.17) is 4.74 Å². The standard InChI is InChI=1S/C16H18N2O3S.ClH/c1-21-13-9-11(5-6-12(13)19)14-10-17-15(22-14)16(20)18-7-3-2-4-8-18;/h5-6,9-10,19H,2-4,7-8H2,1H3;1H. The molecule has 2 aromatic rings. The highest BCUT2D eigenvalue weighted by Crippen LogP contribution is 2.34. The van der Waals surface area contributed by atoms with Crippen LogP contribution in [0.5, 0.6) is 11.5 Å². The molecule has 0 saturated carbocycles. The summed E-state index contributed by atoms with van der Waals surface area (Å²) in [6, 6.07) is 5.12. The monoisotopic (exact) mass is 354 g/mol. The fourth-order valence-electron chi connectivity index (χ4n) is 2.57. The summed E-state index contributed by atoms with van der Waals surface area (Å²) >= 11 is 1.37. The van der Waals surface area contributed by atoms with Gasteiger partial charge in [0.15, 0.2) is 16.5 Å². The van der Waals surface area contributed by atoms with Crippen LogP contribution in [-0.4, -0.2) is 41.1 Å². The average molecular weight is 355 g/mol. The van der Waals surface area contributed by atoms with Gasteiger partial charge in [0, 0.05) is 19.3 Å². The minimum absolute atomic E-state index is 0. The van der Waals surface area contributed by atoms with E-state index in [1.807, 2.05) is 4.90 Å². The number of carbonyl (C=O) groups is 1. The molecule has 0 aliphatic carbocycles. The molecular formula is C16H19ClN2O3S. The normalized spacial score (nSPS) is 14.2. The third-order valence-electron chi connectivity index (χ3n) is 3.80. The number of aromatic nitrogens is 1. The van der Waals surface area contributed by atoms with Crippen LogP contribution in [0.3, 0.4) is 0 Å². The van der Waals surface area contributed by atoms with Crippen molar-refractivity contribution in [2.75, 3.05) is 20.2 Å². The van der Waals surface area contributed by atoms with Crippen molar-refractivity contribution >= 4 is 29.7 Å². The molecule has 0 atom stereocenters. The maximum absolute atomic E-state index is 12.4. The van der Waals surface area contributed by atoms with Crippen LogP contribution in [-0.2, 0) is 0 Å². The predicted molar refractivity (Wildman–Crippen MR) is 92.8 cm³/mol. The lowest BCUT2D eigenvalue weighted by Crippen LogP contribution is -2.35. The number of nitrogens with zero attached hydrogens (tertiary/aromatic N) is 2. The number of aromatic hydroxyl groups is 1. The summed E-state index contributed by atoms with van der Waals surface area (Å²) in [5, 5.41) is 10.2. The third-order valence-corrected chi connectivity index (χ3v) is 4.83. The lowest BCUT2D eigenvalue weighted by Gasteiger charge is -2.25. The van der Waals surface area contributed by atoms with E-state index in [1.54, 1.807) is 24.4 Å². The second kappa shape index (κ2) is 7.66. The van der Waals surface area contributed by atoms with Gasteiger partial charge in [-0.3, -0.25) is 4.79 Å². The van der Waals surface area contributed by atoms with E-state index in [-0.39, 0.29) is 24.1 Å². The van der Waals surface area contributed by atoms with Crippen LogP contribution in [0, 0.1) is 0 Å². The molecular weight excluding hydrogens is 336 g/mol. The molecule has 1 fully saturated rings. The Kier molecular flexibility index (Phi) is 5.85. The van der Waals surface area contributed by atoms with Gasteiger partial charge in [0.05, 0.1) is 12.0 Å². The highest BCUT2D eigenvalue weighted by molar-refractivity contribution is 7.16. The molecule has 1 aromatic heterocycles. The van der Waals surface area contributed by atoms with Crippen molar-refractivity contribution in [2.24, 2.45) is 0 Å². The summed E-state index contributed by atoms with van der Waals surface area (Å²) in [4.78, 5) is 19.5. The molecule has 1 aromatic carbocycles. The van der Waals surface area contributed by atoms with Crippen molar-refractivity contribution < 1.29 is 14.6 Å². The smallest absolute Gasteiger partial charge is 0.282 e. The first-order valence-corrected chi connectivity index (χ1v) is 8.13. The van der Waals surface area contributed by atoms with E-state index in [2.05, 4.69) is 4.98 Å². The molecule has 124 valence electrons. The SMILES string of the molecule is COc1cc(-c2cnc(C(=O)N3CCCCC3)s2)ccc1O.Cl. The van der Waals surface area contributed by atoms with Crippen LogP contribution in [0.1, 0.15) is 29.1 Å². The number of methoxy groups -OCH3 is 1. The van der Waals surface area contributed by atoms with Crippen molar-refractivity contribution in [1.82, 2.24) is 9.88 Å². The molecule has 3 rings (SSSR count). The topological polar surface area (TPSA) is 62.7 Å². The van der Waals surface area contributed by atoms with Gasteiger partial charge in [0.1, 0.15) is 0 Å². The number of carbonyl (C=O) groups excluding carboxylic acids is 1. The van der Waals surface area contributed by atoms with Crippen molar-refractivity contribution in [3.8, 4) is 21.9 Å². The Morgan fingerprint density at radius 1 is 1.30 bits per heavy atom. The molecule has 0 radical (unpaired) electrons. The van der Waals surface area contributed by atoms with Crippen LogP contribution in [0.4, 0.5) is 0 Å². The molecule has 1 N–H and O–H groups in total. The van der Waals surface area contributed by atoms with E-state index >= 15 is 0 Å². The Bertz CT molecular complexity index is 684. The molecule has 5 nitrogen and oxygen atoms in total. The Balaban J connectivity index is 0.00000192. The number of likely N-dealkylation sites (tertiary alicyclic amines) is 1. The second-order valence-electron chi connectivity index (χ2n) is 5.27. The highest BCUT2D eigenvalue weighted by atomic mass is 35.5. The molecule has 1 saturated heterocycles. The third kappa shape index (κ3) is 3.76. The fraction of sp³-hybridized carbons (Fsp3) is 0.375. The van der Waals surface area contributed by atoms with Crippen molar-refractivity contribution in [3.05, 3.63) is 29.4 Å². The summed E-state index contributed by atoms with van der Waals surface area (Å²) in [6.45, 7) is 1.64. The summed E-state index contributed by atoms with van der Waals surface area (Å²) in [5.41, 5.74) is 0.879. The van der Waals surface area contributed by atoms with Gasteiger partial charge in [-0.1, -0.05) is 0 Å². The quantitative estimate of drug-likeness (QED) is 0.915. The number of thiazole rings is 1. The Labute approximate surface area is 145 Å². The zero-order valence-corrected chi connectivity index (χ0v) is 14.5. The summed E-state index contributed by atoms with van der Waals surface area (Å²) in [6.07, 6.45) is 5.03. The Morgan fingerprint density at radius 2 is 2.04 bits per heavy atom. The second-order valence-corrected chi connectivity index (χ2v) is 6.30. The molecule has 1 aliphatic rings. The maximum atomic E-state index is 12.4. The van der Waals surface area contributed by atoms with E-state index < -0.39 is 0 Å². The maximum Gasteiger partial charge on any atom is 0.282 e. The van der Waals surface area contributed by atoms with Crippen LogP contribution in [0.2, 0.25) is 0 Å². The lowest BCUT2D eigenvalue weighted by atomic mass is 10.1. The number of hydrogen-bond acceptors (Lipinski definition) is 5. The number of piperidine rings is 1. The van der Waals surface area contributed by atoms with Gasteiger partial charge in [0.25, 0.3) is 5.91 Å². The molecule has 0 bridgehead atoms. The number of halogens is 1. The van der Waals surface area contributed by atoms with Crippen molar-refractivity contribution in [3.63, 3.8) is 0 Å². The molecule has 2 heterocycles.